The fourth-order valence-electron chi connectivity index (χ4n) is 1.24. The van der Waals surface area contributed by atoms with Crippen molar-refractivity contribution in [1.29, 1.82) is 0 Å². The van der Waals surface area contributed by atoms with Crippen LogP contribution in [0.2, 0.25) is 0 Å². The molecular weight excluding hydrogens is 382 g/mol. The highest BCUT2D eigenvalue weighted by atomic mass is 35.6. The van der Waals surface area contributed by atoms with Crippen LogP contribution in [0.3, 0.4) is 0 Å². The van der Waals surface area contributed by atoms with Crippen molar-refractivity contribution in [1.82, 2.24) is 0 Å². The smallest absolute Gasteiger partial charge is 0.353 e. The van der Waals surface area contributed by atoms with E-state index in [1.807, 2.05) is 0 Å². The topological polar surface area (TPSA) is 20.2 Å². The second-order valence-electron chi connectivity index (χ2n) is 3.64. The number of rotatable bonds is 2. The summed E-state index contributed by atoms with van der Waals surface area (Å²) in [4.78, 5) is 0. The average Bonchev–Trinajstić information content (AvgIpc) is 2.32. The minimum atomic E-state index is -5.55. The second-order valence-corrected chi connectivity index (χ2v) is 5.92. The lowest BCUT2D eigenvalue weighted by Crippen LogP contribution is -2.52. The number of hydrogen-bond acceptors (Lipinski definition) is 1. The van der Waals surface area contributed by atoms with Crippen LogP contribution in [0.1, 0.15) is 5.56 Å². The maximum Gasteiger partial charge on any atom is 0.355 e. The Hall–Kier alpha value is -0.510. The van der Waals surface area contributed by atoms with Crippen LogP contribution in [0, 0.1) is 29.1 Å². The minimum Gasteiger partial charge on any atom is -0.353 e. The average molecular weight is 383 g/mol. The molecule has 21 heavy (non-hydrogen) atoms. The molecule has 0 heterocycles. The molecule has 0 aliphatic rings. The number of hydrogen-bond donors (Lipinski definition) is 1. The number of alkyl halides is 6. The Morgan fingerprint density at radius 3 is 1.24 bits per heavy atom. The molecule has 1 atom stereocenters. The lowest BCUT2D eigenvalue weighted by Gasteiger charge is -2.33. The van der Waals surface area contributed by atoms with E-state index in [2.05, 4.69) is 34.8 Å². The van der Waals surface area contributed by atoms with Crippen LogP contribution < -0.4 is 0 Å². The van der Waals surface area contributed by atoms with Gasteiger partial charge in [-0.3, -0.25) is 0 Å². The summed E-state index contributed by atoms with van der Waals surface area (Å²) in [6.07, 6.45) is 0. The quantitative estimate of drug-likeness (QED) is 0.345. The van der Waals surface area contributed by atoms with E-state index in [0.29, 0.717) is 0 Å². The van der Waals surface area contributed by atoms with Crippen molar-refractivity contribution in [3.05, 3.63) is 34.6 Å². The summed E-state index contributed by atoms with van der Waals surface area (Å²) in [6, 6.07) is 0. The molecule has 1 aromatic rings. The van der Waals surface area contributed by atoms with Crippen LogP contribution in [0.15, 0.2) is 0 Å². The molecule has 0 aromatic heterocycles. The van der Waals surface area contributed by atoms with Crippen molar-refractivity contribution in [2.45, 2.75) is 15.6 Å². The molecular formula is C9HCl3F8O. The highest BCUT2D eigenvalue weighted by Gasteiger charge is 2.69. The Morgan fingerprint density at radius 1 is 0.667 bits per heavy atom. The van der Waals surface area contributed by atoms with E-state index >= 15 is 0 Å². The first-order valence-corrected chi connectivity index (χ1v) is 5.69. The van der Waals surface area contributed by atoms with E-state index in [0.717, 1.165) is 0 Å². The zero-order valence-corrected chi connectivity index (χ0v) is 11.4. The van der Waals surface area contributed by atoms with Gasteiger partial charge in [-0.05, 0) is 0 Å². The van der Waals surface area contributed by atoms with Gasteiger partial charge in [0.2, 0.25) is 5.82 Å². The first-order valence-electron chi connectivity index (χ1n) is 4.55. The van der Waals surface area contributed by atoms with Gasteiger partial charge in [0.1, 0.15) is 5.56 Å². The van der Waals surface area contributed by atoms with E-state index in [9.17, 15) is 35.1 Å². The maximum atomic E-state index is 13.7. The molecule has 0 aliphatic heterocycles. The number of halogens is 11. The zero-order valence-electron chi connectivity index (χ0n) is 9.10. The van der Waals surface area contributed by atoms with Gasteiger partial charge in [-0.25, -0.2) is 22.0 Å². The second kappa shape index (κ2) is 5.29. The molecule has 0 bridgehead atoms. The molecule has 0 saturated carbocycles. The molecule has 0 spiro atoms. The van der Waals surface area contributed by atoms with Crippen LogP contribution in [0.5, 0.6) is 0 Å². The van der Waals surface area contributed by atoms with E-state index in [4.69, 9.17) is 5.11 Å². The monoisotopic (exact) mass is 382 g/mol. The Balaban J connectivity index is 3.76. The molecule has 12 heteroatoms. The van der Waals surface area contributed by atoms with Gasteiger partial charge in [-0.2, -0.15) is 13.2 Å². The first kappa shape index (κ1) is 18.5. The SMILES string of the molecule is OC(F)(c1c(F)c(F)c(F)c(F)c1F)C(F)(F)C(Cl)(Cl)Cl. The van der Waals surface area contributed by atoms with Crippen molar-refractivity contribution >= 4 is 34.8 Å². The minimum absolute atomic E-state index is 2.75. The molecule has 0 amide bonds. The summed E-state index contributed by atoms with van der Waals surface area (Å²) in [7, 11) is 0. The van der Waals surface area contributed by atoms with Gasteiger partial charge in [0, 0.05) is 0 Å². The highest BCUT2D eigenvalue weighted by molar-refractivity contribution is 6.68. The lowest BCUT2D eigenvalue weighted by molar-refractivity contribution is -0.262. The normalized spacial score (nSPS) is 16.0. The predicted octanol–water partition coefficient (Wildman–Crippen LogP) is 4.50. The molecule has 1 aromatic carbocycles. The van der Waals surface area contributed by atoms with Gasteiger partial charge >= 0.3 is 11.8 Å². The maximum absolute atomic E-state index is 13.7. The van der Waals surface area contributed by atoms with Gasteiger partial charge < -0.3 is 5.11 Å². The molecule has 0 aliphatic carbocycles. The highest BCUT2D eigenvalue weighted by Crippen LogP contribution is 2.54. The zero-order chi connectivity index (χ0) is 17.0. The van der Waals surface area contributed by atoms with E-state index in [-0.39, 0.29) is 0 Å². The standard InChI is InChI=1S/C9HCl3F8O/c10-9(11,12)8(19,20)7(18,21)1-2(13)4(15)6(17)5(16)3(1)14/h21H. The van der Waals surface area contributed by atoms with E-state index < -0.39 is 50.2 Å². The van der Waals surface area contributed by atoms with Crippen LogP contribution in [-0.2, 0) is 5.85 Å². The molecule has 1 N–H and O–H groups in total. The molecule has 0 radical (unpaired) electrons. The molecule has 120 valence electrons. The van der Waals surface area contributed by atoms with E-state index in [1.54, 1.807) is 0 Å². The fourth-order valence-corrected chi connectivity index (χ4v) is 1.62. The largest absolute Gasteiger partial charge is 0.355 e. The Morgan fingerprint density at radius 2 is 0.952 bits per heavy atom. The van der Waals surface area contributed by atoms with Crippen molar-refractivity contribution < 1.29 is 40.2 Å². The van der Waals surface area contributed by atoms with Crippen molar-refractivity contribution in [2.75, 3.05) is 0 Å². The Bertz CT molecular complexity index is 554. The van der Waals surface area contributed by atoms with Crippen molar-refractivity contribution in [3.8, 4) is 0 Å². The summed E-state index contributed by atoms with van der Waals surface area (Å²) < 4.78 is 101. The van der Waals surface area contributed by atoms with Crippen LogP contribution >= 0.6 is 34.8 Å². The molecule has 1 unspecified atom stereocenters. The van der Waals surface area contributed by atoms with Crippen LogP contribution in [0.25, 0.3) is 0 Å². The fraction of sp³-hybridized carbons (Fsp3) is 0.333. The Kier molecular flexibility index (Phi) is 4.67. The van der Waals surface area contributed by atoms with Crippen LogP contribution in [0.4, 0.5) is 35.1 Å². The molecule has 0 saturated heterocycles. The predicted molar refractivity (Wildman–Crippen MR) is 56.5 cm³/mol. The first-order chi connectivity index (χ1) is 9.18. The summed E-state index contributed by atoms with van der Waals surface area (Å²) in [5.41, 5.74) is -2.88. The third-order valence-corrected chi connectivity index (χ3v) is 3.03. The summed E-state index contributed by atoms with van der Waals surface area (Å²) in [5, 5.41) is 8.94. The van der Waals surface area contributed by atoms with Crippen molar-refractivity contribution in [3.63, 3.8) is 0 Å². The summed E-state index contributed by atoms with van der Waals surface area (Å²) >= 11 is 13.9. The van der Waals surface area contributed by atoms with E-state index in [1.165, 1.54) is 0 Å². The number of benzene rings is 1. The van der Waals surface area contributed by atoms with Gasteiger partial charge in [0.25, 0.3) is 3.79 Å². The lowest BCUT2D eigenvalue weighted by atomic mass is 9.99. The summed E-state index contributed by atoms with van der Waals surface area (Å²) in [6.45, 7) is 0. The molecule has 1 rings (SSSR count). The number of aliphatic hydroxyl groups is 1. The van der Waals surface area contributed by atoms with Gasteiger partial charge in [-0.15, -0.1) is 0 Å². The van der Waals surface area contributed by atoms with Gasteiger partial charge in [0.15, 0.2) is 23.3 Å². The summed E-state index contributed by atoms with van der Waals surface area (Å²) in [5.74, 6) is -25.4. The Labute approximate surface area is 126 Å². The van der Waals surface area contributed by atoms with Gasteiger partial charge in [0.05, 0.1) is 0 Å². The third-order valence-electron chi connectivity index (χ3n) is 2.31. The molecule has 1 nitrogen and oxygen atoms in total. The molecule has 0 fully saturated rings. The van der Waals surface area contributed by atoms with Gasteiger partial charge in [-0.1, -0.05) is 34.8 Å². The third kappa shape index (κ3) is 2.64. The van der Waals surface area contributed by atoms with Crippen molar-refractivity contribution in [2.24, 2.45) is 0 Å². The van der Waals surface area contributed by atoms with Crippen LogP contribution in [-0.4, -0.2) is 14.8 Å².